The number of nitrogens with zero attached hydrogens (tertiary/aromatic N) is 2. The van der Waals surface area contributed by atoms with Crippen molar-refractivity contribution in [3.05, 3.63) is 39.9 Å². The van der Waals surface area contributed by atoms with Crippen LogP contribution in [0.2, 0.25) is 0 Å². The molecule has 1 aromatic rings. The Morgan fingerprint density at radius 1 is 1.40 bits per heavy atom. The first-order valence-corrected chi connectivity index (χ1v) is 7.05. The average Bonchev–Trinajstić information content (AvgIpc) is 2.79. The van der Waals surface area contributed by atoms with Crippen LogP contribution in [0.3, 0.4) is 0 Å². The number of rotatable bonds is 2. The van der Waals surface area contributed by atoms with Crippen LogP contribution in [-0.2, 0) is 10.2 Å². The molecule has 3 rings (SSSR count). The molecule has 5 nitrogen and oxygen atoms in total. The Kier molecular flexibility index (Phi) is 3.09. The molecule has 1 aromatic carbocycles. The van der Waals surface area contributed by atoms with E-state index in [4.69, 9.17) is 0 Å². The molecule has 1 aliphatic carbocycles. The monoisotopic (exact) mass is 274 g/mol. The third-order valence-corrected chi connectivity index (χ3v) is 4.92. The third kappa shape index (κ3) is 1.69. The molecule has 5 heteroatoms. The molecule has 1 heterocycles. The van der Waals surface area contributed by atoms with Gasteiger partial charge in [-0.3, -0.25) is 14.9 Å². The lowest BCUT2D eigenvalue weighted by atomic mass is 9.65. The van der Waals surface area contributed by atoms with Gasteiger partial charge < -0.3 is 4.90 Å². The molecule has 0 N–H and O–H groups in total. The van der Waals surface area contributed by atoms with Gasteiger partial charge in [0.15, 0.2) is 0 Å². The summed E-state index contributed by atoms with van der Waals surface area (Å²) in [6.07, 6.45) is 3.05. The molecule has 20 heavy (non-hydrogen) atoms. The highest BCUT2D eigenvalue weighted by Gasteiger charge is 2.55. The lowest BCUT2D eigenvalue weighted by molar-refractivity contribution is -0.386. The molecule has 0 spiro atoms. The van der Waals surface area contributed by atoms with Gasteiger partial charge >= 0.3 is 0 Å². The maximum atomic E-state index is 12.7. The zero-order chi connectivity index (χ0) is 14.3. The van der Waals surface area contributed by atoms with Crippen molar-refractivity contribution in [3.8, 4) is 0 Å². The largest absolute Gasteiger partial charge is 0.302 e. The molecule has 2 atom stereocenters. The number of ketones is 1. The smallest absolute Gasteiger partial charge is 0.273 e. The van der Waals surface area contributed by atoms with Crippen LogP contribution in [0, 0.1) is 10.1 Å². The molecule has 0 unspecified atom stereocenters. The number of Topliss-reactive ketones (excluding diaryl/α,β-unsaturated/α-hetero) is 1. The fourth-order valence-electron chi connectivity index (χ4n) is 4.00. The number of nitro benzene ring substituents is 1. The lowest BCUT2D eigenvalue weighted by Gasteiger charge is -2.39. The van der Waals surface area contributed by atoms with Crippen LogP contribution >= 0.6 is 0 Å². The molecule has 0 radical (unpaired) electrons. The van der Waals surface area contributed by atoms with Crippen LogP contribution < -0.4 is 0 Å². The normalized spacial score (nSPS) is 30.2. The minimum atomic E-state index is -0.670. The lowest BCUT2D eigenvalue weighted by Crippen LogP contribution is -2.50. The third-order valence-electron chi connectivity index (χ3n) is 4.92. The number of hydrogen-bond acceptors (Lipinski definition) is 4. The Labute approximate surface area is 117 Å². The van der Waals surface area contributed by atoms with E-state index in [0.717, 1.165) is 19.4 Å². The number of fused-ring (bicyclic) bond motifs is 1. The van der Waals surface area contributed by atoms with Gasteiger partial charge in [0.2, 0.25) is 0 Å². The van der Waals surface area contributed by atoms with E-state index in [1.54, 1.807) is 18.2 Å². The Hall–Kier alpha value is -1.75. The maximum Gasteiger partial charge on any atom is 0.273 e. The predicted octanol–water partition coefficient (Wildman–Crippen LogP) is 2.29. The highest BCUT2D eigenvalue weighted by Crippen LogP contribution is 2.48. The summed E-state index contributed by atoms with van der Waals surface area (Å²) in [6.45, 7) is 0.822. The number of para-hydroxylation sites is 1. The highest BCUT2D eigenvalue weighted by molar-refractivity contribution is 5.93. The molecular formula is C15H18N2O3. The summed E-state index contributed by atoms with van der Waals surface area (Å²) in [4.78, 5) is 25.8. The summed E-state index contributed by atoms with van der Waals surface area (Å²) in [6, 6.07) is 6.85. The Morgan fingerprint density at radius 3 is 2.90 bits per heavy atom. The molecule has 0 aromatic heterocycles. The molecule has 2 fully saturated rings. The van der Waals surface area contributed by atoms with Gasteiger partial charge in [-0.25, -0.2) is 0 Å². The number of carbonyl (C=O) groups excluding carboxylic acids is 1. The molecule has 1 saturated heterocycles. The molecular weight excluding hydrogens is 256 g/mol. The van der Waals surface area contributed by atoms with Gasteiger partial charge in [0.05, 0.1) is 10.3 Å². The molecule has 0 amide bonds. The van der Waals surface area contributed by atoms with Crippen LogP contribution in [-0.4, -0.2) is 35.2 Å². The van der Waals surface area contributed by atoms with Crippen molar-refractivity contribution in [2.75, 3.05) is 13.6 Å². The topological polar surface area (TPSA) is 63.4 Å². The second-order valence-electron chi connectivity index (χ2n) is 5.81. The van der Waals surface area contributed by atoms with E-state index in [2.05, 4.69) is 4.90 Å². The average molecular weight is 274 g/mol. The van der Waals surface area contributed by atoms with Crippen LogP contribution in [0.25, 0.3) is 0 Å². The maximum absolute atomic E-state index is 12.7. The summed E-state index contributed by atoms with van der Waals surface area (Å²) >= 11 is 0. The van der Waals surface area contributed by atoms with E-state index in [0.29, 0.717) is 18.4 Å². The van der Waals surface area contributed by atoms with Crippen molar-refractivity contribution in [1.29, 1.82) is 0 Å². The summed E-state index contributed by atoms with van der Waals surface area (Å²) in [5.74, 6) is 0.174. The number of nitro groups is 1. The zero-order valence-corrected chi connectivity index (χ0v) is 11.5. The van der Waals surface area contributed by atoms with E-state index >= 15 is 0 Å². The number of carbonyl (C=O) groups is 1. The number of likely N-dealkylation sites (N-methyl/N-ethyl adjacent to an activating group) is 1. The number of benzene rings is 1. The Bertz CT molecular complexity index is 572. The number of likely N-dealkylation sites (tertiary alicyclic amines) is 1. The van der Waals surface area contributed by atoms with E-state index in [9.17, 15) is 14.9 Å². The SMILES string of the molecule is CN1CC[C@@]2(c3ccccc3[N+](=O)[O-])C(=O)CCC[C@@H]12. The quantitative estimate of drug-likeness (QED) is 0.613. The van der Waals surface area contributed by atoms with Gasteiger partial charge in [-0.1, -0.05) is 18.2 Å². The van der Waals surface area contributed by atoms with Crippen molar-refractivity contribution < 1.29 is 9.72 Å². The van der Waals surface area contributed by atoms with Crippen LogP contribution in [0.4, 0.5) is 5.69 Å². The minimum absolute atomic E-state index is 0.0862. The van der Waals surface area contributed by atoms with E-state index < -0.39 is 5.41 Å². The van der Waals surface area contributed by atoms with Crippen LogP contribution in [0.1, 0.15) is 31.2 Å². The number of hydrogen-bond donors (Lipinski definition) is 0. The summed E-state index contributed by atoms with van der Waals surface area (Å²) in [5.41, 5.74) is 0.0310. The predicted molar refractivity (Wildman–Crippen MR) is 74.7 cm³/mol. The zero-order valence-electron chi connectivity index (χ0n) is 11.5. The van der Waals surface area contributed by atoms with Gasteiger partial charge in [0, 0.05) is 24.1 Å². The van der Waals surface area contributed by atoms with Gasteiger partial charge in [0.1, 0.15) is 5.78 Å². The molecule has 2 aliphatic rings. The van der Waals surface area contributed by atoms with Crippen molar-refractivity contribution in [3.63, 3.8) is 0 Å². The second kappa shape index (κ2) is 4.66. The second-order valence-corrected chi connectivity index (χ2v) is 5.81. The standard InChI is InChI=1S/C15H18N2O3/c1-16-10-9-15(13(16)7-4-8-14(15)18)11-5-2-3-6-12(11)17(19)20/h2-3,5-6,13H,4,7-10H2,1H3/t13-,15+/m1/s1. The summed E-state index contributed by atoms with van der Waals surface area (Å²) in [7, 11) is 2.01. The van der Waals surface area contributed by atoms with Crippen molar-refractivity contribution in [1.82, 2.24) is 4.90 Å². The molecule has 106 valence electrons. The van der Waals surface area contributed by atoms with E-state index in [1.165, 1.54) is 6.07 Å². The van der Waals surface area contributed by atoms with Crippen molar-refractivity contribution >= 4 is 11.5 Å². The Balaban J connectivity index is 2.19. The van der Waals surface area contributed by atoms with Gasteiger partial charge in [-0.05, 0) is 32.9 Å². The minimum Gasteiger partial charge on any atom is -0.302 e. The Morgan fingerprint density at radius 2 is 2.15 bits per heavy atom. The van der Waals surface area contributed by atoms with E-state index in [1.807, 2.05) is 7.05 Å². The first-order valence-electron chi connectivity index (χ1n) is 7.05. The first-order chi connectivity index (χ1) is 9.57. The van der Waals surface area contributed by atoms with Gasteiger partial charge in [-0.15, -0.1) is 0 Å². The van der Waals surface area contributed by atoms with Crippen LogP contribution in [0.5, 0.6) is 0 Å². The van der Waals surface area contributed by atoms with Crippen molar-refractivity contribution in [2.24, 2.45) is 0 Å². The fraction of sp³-hybridized carbons (Fsp3) is 0.533. The van der Waals surface area contributed by atoms with Crippen LogP contribution in [0.15, 0.2) is 24.3 Å². The fourth-order valence-corrected chi connectivity index (χ4v) is 4.00. The van der Waals surface area contributed by atoms with Gasteiger partial charge in [0.25, 0.3) is 5.69 Å². The molecule has 1 aliphatic heterocycles. The molecule has 1 saturated carbocycles. The summed E-state index contributed by atoms with van der Waals surface area (Å²) in [5, 5.41) is 11.3. The van der Waals surface area contributed by atoms with Gasteiger partial charge in [-0.2, -0.15) is 0 Å². The first kappa shape index (κ1) is 13.2. The molecule has 0 bridgehead atoms. The van der Waals surface area contributed by atoms with Crippen molar-refractivity contribution in [2.45, 2.75) is 37.1 Å². The summed E-state index contributed by atoms with van der Waals surface area (Å²) < 4.78 is 0. The van der Waals surface area contributed by atoms with E-state index in [-0.39, 0.29) is 22.4 Å². The highest BCUT2D eigenvalue weighted by atomic mass is 16.6.